The maximum Gasteiger partial charge on any atom is 0.416 e. The van der Waals surface area contributed by atoms with Crippen molar-refractivity contribution in [1.82, 2.24) is 10.2 Å². The van der Waals surface area contributed by atoms with Crippen molar-refractivity contribution in [1.29, 1.82) is 0 Å². The van der Waals surface area contributed by atoms with Gasteiger partial charge in [-0.05, 0) is 48.7 Å². The van der Waals surface area contributed by atoms with E-state index >= 15 is 0 Å². The SMILES string of the molecule is CSc1ccc(-c2nnc(NC(=O)c3cc(C(F)(F)F)cc(C(F)(F)F)c3)o2)cc1. The van der Waals surface area contributed by atoms with Gasteiger partial charge in [0.2, 0.25) is 5.89 Å². The first kappa shape index (κ1) is 21.7. The van der Waals surface area contributed by atoms with Crippen LogP contribution < -0.4 is 5.32 Å². The van der Waals surface area contributed by atoms with Crippen molar-refractivity contribution in [3.05, 3.63) is 59.2 Å². The number of amides is 1. The van der Waals surface area contributed by atoms with Gasteiger partial charge in [-0.1, -0.05) is 5.10 Å². The molecule has 0 aliphatic carbocycles. The number of nitrogens with zero attached hydrogens (tertiary/aromatic N) is 2. The van der Waals surface area contributed by atoms with Crippen molar-refractivity contribution in [3.63, 3.8) is 0 Å². The molecule has 0 aliphatic rings. The number of nitrogens with one attached hydrogen (secondary N) is 1. The second-order valence-electron chi connectivity index (χ2n) is 5.89. The molecule has 158 valence electrons. The van der Waals surface area contributed by atoms with Gasteiger partial charge in [0, 0.05) is 16.0 Å². The smallest absolute Gasteiger partial charge is 0.403 e. The highest BCUT2D eigenvalue weighted by molar-refractivity contribution is 7.98. The summed E-state index contributed by atoms with van der Waals surface area (Å²) in [4.78, 5) is 13.2. The minimum Gasteiger partial charge on any atom is -0.403 e. The number of hydrogen-bond acceptors (Lipinski definition) is 5. The number of benzene rings is 2. The van der Waals surface area contributed by atoms with Crippen LogP contribution >= 0.6 is 11.8 Å². The average molecular weight is 447 g/mol. The number of carbonyl (C=O) groups excluding carboxylic acids is 1. The molecule has 12 heteroatoms. The van der Waals surface area contributed by atoms with Crippen LogP contribution in [0.1, 0.15) is 21.5 Å². The largest absolute Gasteiger partial charge is 0.416 e. The third-order valence-electron chi connectivity index (χ3n) is 3.83. The van der Waals surface area contributed by atoms with Gasteiger partial charge in [-0.2, -0.15) is 26.3 Å². The lowest BCUT2D eigenvalue weighted by Gasteiger charge is -2.13. The van der Waals surface area contributed by atoms with Gasteiger partial charge in [0.15, 0.2) is 0 Å². The molecule has 1 amide bonds. The topological polar surface area (TPSA) is 68.0 Å². The summed E-state index contributed by atoms with van der Waals surface area (Å²) in [5, 5.41) is 9.26. The molecule has 0 spiro atoms. The quantitative estimate of drug-likeness (QED) is 0.408. The molecule has 2 aromatic carbocycles. The molecule has 0 atom stereocenters. The summed E-state index contributed by atoms with van der Waals surface area (Å²) in [6.07, 6.45) is -8.26. The highest BCUT2D eigenvalue weighted by Gasteiger charge is 2.37. The van der Waals surface area contributed by atoms with Crippen LogP contribution in [-0.4, -0.2) is 22.4 Å². The van der Waals surface area contributed by atoms with Crippen LogP contribution in [0.25, 0.3) is 11.5 Å². The van der Waals surface area contributed by atoms with E-state index in [0.29, 0.717) is 17.7 Å². The highest BCUT2D eigenvalue weighted by atomic mass is 32.2. The molecule has 3 rings (SSSR count). The molecule has 0 saturated carbocycles. The zero-order valence-electron chi connectivity index (χ0n) is 14.9. The molecule has 0 unspecified atom stereocenters. The van der Waals surface area contributed by atoms with Crippen molar-refractivity contribution in [2.75, 3.05) is 11.6 Å². The van der Waals surface area contributed by atoms with Crippen molar-refractivity contribution in [2.45, 2.75) is 17.2 Å². The fourth-order valence-electron chi connectivity index (χ4n) is 2.38. The van der Waals surface area contributed by atoms with Gasteiger partial charge in [-0.25, -0.2) is 0 Å². The predicted octanol–water partition coefficient (Wildman–Crippen LogP) is 5.75. The molecule has 30 heavy (non-hydrogen) atoms. The van der Waals surface area contributed by atoms with E-state index in [4.69, 9.17) is 4.42 Å². The number of alkyl halides is 6. The first-order chi connectivity index (χ1) is 14.0. The first-order valence-corrected chi connectivity index (χ1v) is 9.28. The molecule has 0 bridgehead atoms. The zero-order chi connectivity index (χ0) is 22.1. The number of halogens is 6. The number of hydrogen-bond donors (Lipinski definition) is 1. The number of aromatic nitrogens is 2. The molecule has 5 nitrogen and oxygen atoms in total. The molecule has 1 aromatic heterocycles. The van der Waals surface area contributed by atoms with E-state index in [-0.39, 0.29) is 12.0 Å². The Morgan fingerprint density at radius 2 is 1.50 bits per heavy atom. The van der Waals surface area contributed by atoms with Gasteiger partial charge in [-0.15, -0.1) is 16.9 Å². The molecule has 3 aromatic rings. The van der Waals surface area contributed by atoms with Crippen LogP contribution in [-0.2, 0) is 12.4 Å². The lowest BCUT2D eigenvalue weighted by atomic mass is 10.0. The molecule has 0 radical (unpaired) electrons. The third kappa shape index (κ3) is 4.93. The summed E-state index contributed by atoms with van der Waals surface area (Å²) in [7, 11) is 0. The van der Waals surface area contributed by atoms with Crippen LogP contribution in [0.15, 0.2) is 51.8 Å². The van der Waals surface area contributed by atoms with Crippen LogP contribution in [0, 0.1) is 0 Å². The third-order valence-corrected chi connectivity index (χ3v) is 4.58. The Balaban J connectivity index is 1.86. The molecule has 1 heterocycles. The van der Waals surface area contributed by atoms with Crippen molar-refractivity contribution in [3.8, 4) is 11.5 Å². The van der Waals surface area contributed by atoms with Crippen LogP contribution in [0.5, 0.6) is 0 Å². The Labute approximate surface area is 169 Å². The van der Waals surface area contributed by atoms with Crippen LogP contribution in [0.2, 0.25) is 0 Å². The molecular weight excluding hydrogens is 436 g/mol. The number of thioether (sulfide) groups is 1. The van der Waals surface area contributed by atoms with E-state index in [1.165, 1.54) is 11.8 Å². The Morgan fingerprint density at radius 1 is 0.933 bits per heavy atom. The van der Waals surface area contributed by atoms with E-state index in [0.717, 1.165) is 4.90 Å². The van der Waals surface area contributed by atoms with E-state index in [1.807, 2.05) is 11.6 Å². The molecule has 0 saturated heterocycles. The zero-order valence-corrected chi connectivity index (χ0v) is 15.7. The van der Waals surface area contributed by atoms with Gasteiger partial charge in [0.25, 0.3) is 5.91 Å². The summed E-state index contributed by atoms with van der Waals surface area (Å²) >= 11 is 1.51. The van der Waals surface area contributed by atoms with Gasteiger partial charge >= 0.3 is 18.4 Å². The lowest BCUT2D eigenvalue weighted by Crippen LogP contribution is -2.17. The average Bonchev–Trinajstić information content (AvgIpc) is 3.14. The van der Waals surface area contributed by atoms with Gasteiger partial charge < -0.3 is 4.42 Å². The fraction of sp³-hybridized carbons (Fsp3) is 0.167. The maximum atomic E-state index is 12.9. The monoisotopic (exact) mass is 447 g/mol. The minimum absolute atomic E-state index is 0.0120. The second-order valence-corrected chi connectivity index (χ2v) is 6.77. The Hall–Kier alpha value is -3.02. The van der Waals surface area contributed by atoms with E-state index < -0.39 is 41.0 Å². The van der Waals surface area contributed by atoms with Gasteiger partial charge in [0.1, 0.15) is 0 Å². The summed E-state index contributed by atoms with van der Waals surface area (Å²) in [6.45, 7) is 0. The summed E-state index contributed by atoms with van der Waals surface area (Å²) in [5.74, 6) is -1.25. The second kappa shape index (κ2) is 8.01. The van der Waals surface area contributed by atoms with Gasteiger partial charge in [-0.3, -0.25) is 10.1 Å². The van der Waals surface area contributed by atoms with E-state index in [1.54, 1.807) is 24.3 Å². The number of rotatable bonds is 4. The Bertz CT molecular complexity index is 1030. The predicted molar refractivity (Wildman–Crippen MR) is 95.9 cm³/mol. The first-order valence-electron chi connectivity index (χ1n) is 8.06. The Kier molecular flexibility index (Phi) is 5.79. The van der Waals surface area contributed by atoms with Gasteiger partial charge in [0.05, 0.1) is 11.1 Å². The fourth-order valence-corrected chi connectivity index (χ4v) is 2.79. The van der Waals surface area contributed by atoms with Crippen molar-refractivity contribution in [2.24, 2.45) is 0 Å². The number of carbonyl (C=O) groups is 1. The molecule has 0 aliphatic heterocycles. The summed E-state index contributed by atoms with van der Waals surface area (Å²) in [5.41, 5.74) is -3.56. The normalized spacial score (nSPS) is 12.1. The lowest BCUT2D eigenvalue weighted by molar-refractivity contribution is -0.143. The minimum atomic E-state index is -5.07. The standard InChI is InChI=1S/C18H11F6N3O2S/c1-30-13-4-2-9(3-5-13)15-26-27-16(29-15)25-14(28)10-6-11(17(19,20)21)8-12(7-10)18(22,23)24/h2-8H,1H3,(H,25,27,28). The van der Waals surface area contributed by atoms with E-state index in [2.05, 4.69) is 10.2 Å². The van der Waals surface area contributed by atoms with Crippen LogP contribution in [0.3, 0.4) is 0 Å². The van der Waals surface area contributed by atoms with E-state index in [9.17, 15) is 31.1 Å². The summed E-state index contributed by atoms with van der Waals surface area (Å²) in [6, 6.07) is 6.98. The van der Waals surface area contributed by atoms with Crippen molar-refractivity contribution >= 4 is 23.7 Å². The number of anilines is 1. The molecule has 0 fully saturated rings. The maximum absolute atomic E-state index is 12.9. The summed E-state index contributed by atoms with van der Waals surface area (Å²) < 4.78 is 82.8. The Morgan fingerprint density at radius 3 is 2.00 bits per heavy atom. The molecule has 1 N–H and O–H groups in total. The van der Waals surface area contributed by atoms with Crippen LogP contribution in [0.4, 0.5) is 32.4 Å². The highest BCUT2D eigenvalue weighted by Crippen LogP contribution is 2.36. The molecular formula is C18H11F6N3O2S. The van der Waals surface area contributed by atoms with Crippen molar-refractivity contribution < 1.29 is 35.6 Å².